The number of rotatable bonds is 4. The standard InChI is InChI=1S/C32H41ClN4O4/c1-6-10-26-31(39)34-16-15-21(5)24-11-8-9-12-28(24)41-19-27(25-14-13-23(33)17-22(25)7-2)35-18-29(38)37-30(20(3)4)32(40)36-26/h2,8-9,11-14,17,20-21,26-27,30,35H,6,10,15-16,18-19H2,1,3-5H3,(H,34,39)(H,36,40)(H,37,38)/t21?,26-,27?,30+/m0/s1. The van der Waals surface area contributed by atoms with Crippen molar-refractivity contribution >= 4 is 29.3 Å². The Morgan fingerprint density at radius 2 is 1.83 bits per heavy atom. The van der Waals surface area contributed by atoms with Gasteiger partial charge in [0.1, 0.15) is 24.4 Å². The summed E-state index contributed by atoms with van der Waals surface area (Å²) in [5, 5.41) is 12.5. The van der Waals surface area contributed by atoms with Gasteiger partial charge in [0.25, 0.3) is 0 Å². The maximum atomic E-state index is 13.2. The summed E-state index contributed by atoms with van der Waals surface area (Å²) >= 11 is 6.20. The average molecular weight is 581 g/mol. The molecule has 2 unspecified atom stereocenters. The van der Waals surface area contributed by atoms with Crippen LogP contribution in [0.25, 0.3) is 0 Å². The van der Waals surface area contributed by atoms with Crippen LogP contribution in [0.5, 0.6) is 5.75 Å². The van der Waals surface area contributed by atoms with E-state index in [0.717, 1.165) is 16.9 Å². The van der Waals surface area contributed by atoms with Crippen molar-refractivity contribution in [2.75, 3.05) is 19.7 Å². The number of carbonyl (C=O) groups excluding carboxylic acids is 3. The minimum Gasteiger partial charge on any atom is -0.491 e. The zero-order valence-corrected chi connectivity index (χ0v) is 25.0. The second-order valence-corrected chi connectivity index (χ2v) is 11.2. The average Bonchev–Trinajstić information content (AvgIpc) is 2.95. The fourth-order valence-electron chi connectivity index (χ4n) is 4.89. The summed E-state index contributed by atoms with van der Waals surface area (Å²) in [7, 11) is 0. The van der Waals surface area contributed by atoms with Gasteiger partial charge in [-0.2, -0.15) is 0 Å². The number of hydrogen-bond donors (Lipinski definition) is 4. The van der Waals surface area contributed by atoms with E-state index < -0.39 is 24.0 Å². The predicted molar refractivity (Wildman–Crippen MR) is 162 cm³/mol. The molecule has 0 radical (unpaired) electrons. The zero-order valence-electron chi connectivity index (χ0n) is 24.3. The van der Waals surface area contributed by atoms with Crippen LogP contribution in [0, 0.1) is 18.3 Å². The van der Waals surface area contributed by atoms with E-state index in [4.69, 9.17) is 22.8 Å². The molecular formula is C32H41ClN4O4. The van der Waals surface area contributed by atoms with E-state index in [2.05, 4.69) is 34.1 Å². The lowest BCUT2D eigenvalue weighted by atomic mass is 9.96. The maximum Gasteiger partial charge on any atom is 0.243 e. The lowest BCUT2D eigenvalue weighted by molar-refractivity contribution is -0.133. The highest BCUT2D eigenvalue weighted by Gasteiger charge is 2.29. The highest BCUT2D eigenvalue weighted by molar-refractivity contribution is 6.30. The highest BCUT2D eigenvalue weighted by atomic mass is 35.5. The van der Waals surface area contributed by atoms with Gasteiger partial charge in [-0.25, -0.2) is 0 Å². The summed E-state index contributed by atoms with van der Waals surface area (Å²) < 4.78 is 6.33. The summed E-state index contributed by atoms with van der Waals surface area (Å²) in [6.07, 6.45) is 7.69. The Balaban J connectivity index is 1.96. The van der Waals surface area contributed by atoms with Gasteiger partial charge < -0.3 is 20.7 Å². The maximum absolute atomic E-state index is 13.2. The molecule has 2 aromatic rings. The van der Waals surface area contributed by atoms with Crippen molar-refractivity contribution in [3.63, 3.8) is 0 Å². The van der Waals surface area contributed by atoms with Crippen molar-refractivity contribution in [3.05, 3.63) is 64.2 Å². The molecular weight excluding hydrogens is 540 g/mol. The molecule has 0 aromatic heterocycles. The Kier molecular flexibility index (Phi) is 12.1. The Morgan fingerprint density at radius 3 is 2.54 bits per heavy atom. The number of halogens is 1. The van der Waals surface area contributed by atoms with Crippen LogP contribution in [0.15, 0.2) is 42.5 Å². The topological polar surface area (TPSA) is 109 Å². The Morgan fingerprint density at radius 1 is 1.07 bits per heavy atom. The van der Waals surface area contributed by atoms with E-state index in [-0.39, 0.29) is 36.8 Å². The number of para-hydroxylation sites is 1. The predicted octanol–water partition coefficient (Wildman–Crippen LogP) is 4.08. The molecule has 9 heteroatoms. The number of amides is 3. The number of nitrogens with one attached hydrogen (secondary N) is 4. The Bertz CT molecular complexity index is 1260. The Labute approximate surface area is 248 Å². The molecule has 2 aromatic carbocycles. The van der Waals surface area contributed by atoms with Gasteiger partial charge in [-0.3, -0.25) is 19.7 Å². The molecule has 1 aliphatic rings. The summed E-state index contributed by atoms with van der Waals surface area (Å²) in [5.74, 6) is 2.30. The van der Waals surface area contributed by atoms with Crippen LogP contribution < -0.4 is 26.0 Å². The molecule has 0 spiro atoms. The van der Waals surface area contributed by atoms with Crippen LogP contribution in [0.1, 0.15) is 75.6 Å². The van der Waals surface area contributed by atoms with Gasteiger partial charge in [-0.05, 0) is 54.0 Å². The van der Waals surface area contributed by atoms with Gasteiger partial charge in [-0.1, -0.05) is 75.9 Å². The fourth-order valence-corrected chi connectivity index (χ4v) is 5.07. The summed E-state index contributed by atoms with van der Waals surface area (Å²) in [6, 6.07) is 11.1. The molecule has 4 atom stereocenters. The van der Waals surface area contributed by atoms with Crippen LogP contribution in [0.3, 0.4) is 0 Å². The zero-order chi connectivity index (χ0) is 29.9. The van der Waals surface area contributed by atoms with E-state index in [0.29, 0.717) is 36.4 Å². The summed E-state index contributed by atoms with van der Waals surface area (Å²) in [5.41, 5.74) is 2.37. The first-order chi connectivity index (χ1) is 19.6. The summed E-state index contributed by atoms with van der Waals surface area (Å²) in [6.45, 7) is 8.28. The van der Waals surface area contributed by atoms with E-state index in [1.54, 1.807) is 12.1 Å². The normalized spacial score (nSPS) is 23.1. The summed E-state index contributed by atoms with van der Waals surface area (Å²) in [4.78, 5) is 39.3. The van der Waals surface area contributed by atoms with E-state index in [1.165, 1.54) is 0 Å². The van der Waals surface area contributed by atoms with Crippen molar-refractivity contribution in [2.45, 2.75) is 71.0 Å². The van der Waals surface area contributed by atoms with E-state index in [9.17, 15) is 14.4 Å². The third-order valence-electron chi connectivity index (χ3n) is 7.26. The van der Waals surface area contributed by atoms with Gasteiger partial charge in [0.05, 0.1) is 12.6 Å². The van der Waals surface area contributed by atoms with Crippen LogP contribution in [0.2, 0.25) is 5.02 Å². The molecule has 1 aliphatic heterocycles. The first-order valence-corrected chi connectivity index (χ1v) is 14.6. The van der Waals surface area contributed by atoms with Crippen molar-refractivity contribution in [3.8, 4) is 18.1 Å². The molecule has 41 heavy (non-hydrogen) atoms. The monoisotopic (exact) mass is 580 g/mol. The minimum absolute atomic E-state index is 0.0870. The first-order valence-electron chi connectivity index (χ1n) is 14.2. The number of ether oxygens (including phenoxy) is 1. The van der Waals surface area contributed by atoms with E-state index >= 15 is 0 Å². The molecule has 0 bridgehead atoms. The molecule has 1 heterocycles. The van der Waals surface area contributed by atoms with Crippen molar-refractivity contribution in [1.29, 1.82) is 0 Å². The van der Waals surface area contributed by atoms with Crippen molar-refractivity contribution < 1.29 is 19.1 Å². The van der Waals surface area contributed by atoms with E-state index in [1.807, 2.05) is 51.1 Å². The van der Waals surface area contributed by atoms with Gasteiger partial charge in [0.2, 0.25) is 17.7 Å². The first kappa shape index (κ1) is 32.0. The second-order valence-electron chi connectivity index (χ2n) is 10.8. The highest BCUT2D eigenvalue weighted by Crippen LogP contribution is 2.30. The molecule has 0 saturated carbocycles. The van der Waals surface area contributed by atoms with Gasteiger partial charge >= 0.3 is 0 Å². The number of terminal acetylenes is 1. The largest absolute Gasteiger partial charge is 0.491 e. The number of benzene rings is 2. The van der Waals surface area contributed by atoms with Crippen LogP contribution >= 0.6 is 11.6 Å². The van der Waals surface area contributed by atoms with Crippen LogP contribution in [-0.4, -0.2) is 49.5 Å². The molecule has 3 amide bonds. The third kappa shape index (κ3) is 8.97. The third-order valence-corrected chi connectivity index (χ3v) is 7.50. The molecule has 3 rings (SSSR count). The molecule has 0 saturated heterocycles. The second kappa shape index (κ2) is 15.5. The lowest BCUT2D eigenvalue weighted by Gasteiger charge is -2.27. The number of carbonyl (C=O) groups is 3. The minimum atomic E-state index is -0.811. The molecule has 0 fully saturated rings. The van der Waals surface area contributed by atoms with Gasteiger partial charge in [0.15, 0.2) is 0 Å². The number of hydrogen-bond acceptors (Lipinski definition) is 5. The lowest BCUT2D eigenvalue weighted by Crippen LogP contribution is -2.56. The van der Waals surface area contributed by atoms with Crippen molar-refractivity contribution in [1.82, 2.24) is 21.3 Å². The SMILES string of the molecule is C#Cc1cc(Cl)ccc1C1COc2ccccc2C(C)CCNC(=O)[C@H](CCC)NC(=O)[C@@H](C(C)C)NC(=O)CN1. The molecule has 220 valence electrons. The van der Waals surface area contributed by atoms with Crippen LogP contribution in [0.4, 0.5) is 0 Å². The van der Waals surface area contributed by atoms with Crippen molar-refractivity contribution in [2.24, 2.45) is 5.92 Å². The fraction of sp³-hybridized carbons (Fsp3) is 0.469. The molecule has 0 aliphatic carbocycles. The molecule has 4 N–H and O–H groups in total. The van der Waals surface area contributed by atoms with Crippen LogP contribution in [-0.2, 0) is 14.4 Å². The number of fused-ring (bicyclic) bond motifs is 1. The van der Waals surface area contributed by atoms with Gasteiger partial charge in [-0.15, -0.1) is 6.42 Å². The Hall–Kier alpha value is -3.54. The van der Waals surface area contributed by atoms with Gasteiger partial charge in [0, 0.05) is 17.1 Å². The molecule has 8 nitrogen and oxygen atoms in total. The smallest absolute Gasteiger partial charge is 0.243 e. The quantitative estimate of drug-likeness (QED) is 0.408.